The first kappa shape index (κ1) is 35.1. The number of aromatic nitrogens is 3. The average molecular weight is 731 g/mol. The lowest BCUT2D eigenvalue weighted by Gasteiger charge is -2.34. The molecular formula is C38H41Cl2N7O4. The quantitative estimate of drug-likeness (QED) is 0.211. The number of hydrogen-bond donors (Lipinski definition) is 2. The third kappa shape index (κ3) is 7.26. The van der Waals surface area contributed by atoms with E-state index in [1.165, 1.54) is 5.56 Å². The van der Waals surface area contributed by atoms with Gasteiger partial charge in [0.15, 0.2) is 0 Å². The van der Waals surface area contributed by atoms with Gasteiger partial charge in [0.25, 0.3) is 0 Å². The summed E-state index contributed by atoms with van der Waals surface area (Å²) < 4.78 is 11.5. The fourth-order valence-electron chi connectivity index (χ4n) is 7.33. The molecule has 0 unspecified atom stereocenters. The first-order valence-electron chi connectivity index (χ1n) is 17.3. The molecule has 2 aromatic heterocycles. The van der Waals surface area contributed by atoms with Crippen LogP contribution in [0.25, 0.3) is 33.6 Å². The van der Waals surface area contributed by atoms with Crippen LogP contribution in [0, 0.1) is 0 Å². The van der Waals surface area contributed by atoms with Gasteiger partial charge in [0.2, 0.25) is 23.6 Å². The molecule has 2 aliphatic heterocycles. The van der Waals surface area contributed by atoms with E-state index in [2.05, 4.69) is 21.6 Å². The van der Waals surface area contributed by atoms with Crippen LogP contribution < -0.4 is 20.1 Å². The van der Waals surface area contributed by atoms with Crippen LogP contribution >= 0.6 is 23.2 Å². The molecule has 2 aromatic carbocycles. The van der Waals surface area contributed by atoms with Crippen molar-refractivity contribution in [2.45, 2.75) is 51.2 Å². The summed E-state index contributed by atoms with van der Waals surface area (Å²) in [6.07, 6.45) is 4.94. The van der Waals surface area contributed by atoms with Gasteiger partial charge in [0, 0.05) is 92.5 Å². The number of halogens is 2. The van der Waals surface area contributed by atoms with E-state index >= 15 is 0 Å². The fraction of sp³-hybridized carbons (Fsp3) is 0.395. The van der Waals surface area contributed by atoms with Gasteiger partial charge in [-0.2, -0.15) is 0 Å². The maximum Gasteiger partial charge on any atom is 0.237 e. The summed E-state index contributed by atoms with van der Waals surface area (Å²) in [7, 11) is 3.23. The Labute approximate surface area is 307 Å². The maximum atomic E-state index is 11.7. The highest BCUT2D eigenvalue weighted by Gasteiger charge is 2.30. The minimum absolute atomic E-state index is 0.0941. The summed E-state index contributed by atoms with van der Waals surface area (Å²) in [5.41, 5.74) is 7.26. The largest absolute Gasteiger partial charge is 0.481 e. The zero-order chi connectivity index (χ0) is 35.6. The smallest absolute Gasteiger partial charge is 0.237 e. The maximum absolute atomic E-state index is 11.7. The van der Waals surface area contributed by atoms with Gasteiger partial charge in [-0.1, -0.05) is 59.6 Å². The van der Waals surface area contributed by atoms with Gasteiger partial charge < -0.3 is 25.0 Å². The highest BCUT2D eigenvalue weighted by atomic mass is 35.5. The van der Waals surface area contributed by atoms with Gasteiger partial charge in [-0.15, -0.1) is 0 Å². The Morgan fingerprint density at radius 2 is 1.55 bits per heavy atom. The van der Waals surface area contributed by atoms with Crippen LogP contribution in [0.15, 0.2) is 48.7 Å². The molecule has 2 saturated heterocycles. The van der Waals surface area contributed by atoms with Crippen LogP contribution in [0.4, 0.5) is 0 Å². The average Bonchev–Trinajstić information content (AvgIpc) is 3.76. The summed E-state index contributed by atoms with van der Waals surface area (Å²) >= 11 is 14.3. The van der Waals surface area contributed by atoms with Crippen LogP contribution in [-0.4, -0.2) is 89.6 Å². The summed E-state index contributed by atoms with van der Waals surface area (Å²) in [5, 5.41) is 7.68. The Morgan fingerprint density at radius 1 is 0.902 bits per heavy atom. The molecule has 13 heteroatoms. The molecule has 266 valence electrons. The van der Waals surface area contributed by atoms with Crippen LogP contribution in [0.1, 0.15) is 49.0 Å². The number of pyridine rings is 1. The summed E-state index contributed by atoms with van der Waals surface area (Å²) in [4.78, 5) is 42.0. The lowest BCUT2D eigenvalue weighted by atomic mass is 9.97. The number of fused-ring (bicyclic) bond motifs is 1. The Hall–Kier alpha value is -4.29. The van der Waals surface area contributed by atoms with Gasteiger partial charge in [0.05, 0.1) is 41.8 Å². The van der Waals surface area contributed by atoms with Crippen LogP contribution in [0.3, 0.4) is 0 Å². The van der Waals surface area contributed by atoms with Crippen LogP contribution in [-0.2, 0) is 22.6 Å². The zero-order valence-corrected chi connectivity index (χ0v) is 30.5. The van der Waals surface area contributed by atoms with Crippen molar-refractivity contribution in [2.75, 3.05) is 46.9 Å². The molecule has 7 rings (SSSR count). The lowest BCUT2D eigenvalue weighted by Crippen LogP contribution is -2.47. The number of nitrogens with zero attached hydrogens (tertiary/aromatic N) is 5. The van der Waals surface area contributed by atoms with Crippen molar-refractivity contribution in [1.82, 2.24) is 35.4 Å². The predicted molar refractivity (Wildman–Crippen MR) is 197 cm³/mol. The normalized spacial score (nSPS) is 18.8. The Bertz CT molecular complexity index is 1970. The lowest BCUT2D eigenvalue weighted by molar-refractivity contribution is -0.130. The molecule has 0 spiro atoms. The van der Waals surface area contributed by atoms with Crippen molar-refractivity contribution in [3.8, 4) is 45.4 Å². The first-order chi connectivity index (χ1) is 24.7. The molecule has 0 radical (unpaired) electrons. The van der Waals surface area contributed by atoms with Crippen molar-refractivity contribution in [3.05, 3.63) is 75.5 Å². The molecule has 1 aliphatic carbocycles. The molecular weight excluding hydrogens is 689 g/mol. The van der Waals surface area contributed by atoms with E-state index in [-0.39, 0.29) is 23.9 Å². The summed E-state index contributed by atoms with van der Waals surface area (Å²) in [5.74, 6) is 1.21. The highest BCUT2D eigenvalue weighted by Crippen LogP contribution is 2.44. The third-order valence-corrected chi connectivity index (χ3v) is 10.9. The van der Waals surface area contributed by atoms with Crippen molar-refractivity contribution < 1.29 is 19.1 Å². The van der Waals surface area contributed by atoms with Crippen molar-refractivity contribution in [2.24, 2.45) is 0 Å². The van der Waals surface area contributed by atoms with E-state index in [9.17, 15) is 9.59 Å². The second-order valence-electron chi connectivity index (χ2n) is 13.2. The number of carbonyl (C=O) groups excluding carboxylic acids is 2. The van der Waals surface area contributed by atoms with Gasteiger partial charge in [0.1, 0.15) is 5.69 Å². The van der Waals surface area contributed by atoms with E-state index in [1.54, 1.807) is 27.3 Å². The van der Waals surface area contributed by atoms with Gasteiger partial charge in [-0.05, 0) is 30.9 Å². The Morgan fingerprint density at radius 3 is 2.18 bits per heavy atom. The summed E-state index contributed by atoms with van der Waals surface area (Å²) in [6.45, 7) is 5.77. The number of hydrogen-bond acceptors (Lipinski definition) is 9. The van der Waals surface area contributed by atoms with Gasteiger partial charge in [-0.3, -0.25) is 19.5 Å². The molecule has 0 saturated carbocycles. The minimum Gasteiger partial charge on any atom is -0.481 e. The van der Waals surface area contributed by atoms with Crippen LogP contribution in [0.5, 0.6) is 11.8 Å². The molecule has 4 heterocycles. The number of nitrogens with one attached hydrogen (secondary N) is 2. The molecule has 4 aromatic rings. The number of ether oxygens (including phenoxy) is 2. The topological polar surface area (TPSA) is 122 Å². The highest BCUT2D eigenvalue weighted by molar-refractivity contribution is 6.39. The number of amides is 2. The number of rotatable bonds is 10. The molecule has 51 heavy (non-hydrogen) atoms. The fourth-order valence-corrected chi connectivity index (χ4v) is 7.97. The zero-order valence-electron chi connectivity index (χ0n) is 29.0. The monoisotopic (exact) mass is 729 g/mol. The van der Waals surface area contributed by atoms with E-state index in [0.717, 1.165) is 66.0 Å². The number of carbonyl (C=O) groups is 2. The Balaban J connectivity index is 1.14. The predicted octanol–water partition coefficient (Wildman–Crippen LogP) is 5.72. The number of piperazine rings is 1. The molecule has 0 bridgehead atoms. The minimum atomic E-state index is 0.0941. The van der Waals surface area contributed by atoms with Gasteiger partial charge >= 0.3 is 0 Å². The number of aryl methyl sites for hydroxylation is 1. The van der Waals surface area contributed by atoms with E-state index in [1.807, 2.05) is 41.3 Å². The molecule has 2 amide bonds. The summed E-state index contributed by atoms with van der Waals surface area (Å²) in [6, 6.07) is 14.0. The second kappa shape index (κ2) is 15.1. The number of benzene rings is 2. The van der Waals surface area contributed by atoms with E-state index in [0.29, 0.717) is 65.7 Å². The van der Waals surface area contributed by atoms with Crippen LogP contribution in [0.2, 0.25) is 10.0 Å². The SMILES string of the molecule is COc1nc(-c2cccc(-c3cccc(-c4cc5c(c(OC)n4)[C@@H](NC[C@@H]4CCC(=O)N4)CC5)c3Cl)c2Cl)cnc1CN1CCN(C(C)=O)CC1. The van der Waals surface area contributed by atoms with Crippen molar-refractivity contribution in [1.29, 1.82) is 0 Å². The van der Waals surface area contributed by atoms with E-state index < -0.39 is 0 Å². The molecule has 2 N–H and O–H groups in total. The standard InChI is InChI=1S/C38H41Cl2N7O4/c1-22(48)47-16-14-46(15-17-47)21-32-37(50-2)45-31(20-42-32)28-9-5-7-26(36(28)40)25-6-4-8-27(35(25)39)30-18-23-10-12-29(34(23)38(44-30)51-3)41-19-24-11-13-33(49)43-24/h4-9,18,20,24,29,41H,10-17,19,21H2,1-3H3,(H,43,49)/t24-,29-/m0/s1. The third-order valence-electron chi connectivity index (χ3n) is 10.1. The molecule has 2 fully saturated rings. The van der Waals surface area contributed by atoms with Crippen molar-refractivity contribution in [3.63, 3.8) is 0 Å². The second-order valence-corrected chi connectivity index (χ2v) is 14.0. The molecule has 11 nitrogen and oxygen atoms in total. The Kier molecular flexibility index (Phi) is 10.4. The van der Waals surface area contributed by atoms with Gasteiger partial charge in [-0.25, -0.2) is 9.97 Å². The molecule has 2 atom stereocenters. The first-order valence-corrected chi connectivity index (χ1v) is 18.1. The molecule has 3 aliphatic rings. The number of methoxy groups -OCH3 is 2. The van der Waals surface area contributed by atoms with E-state index in [4.69, 9.17) is 47.6 Å². The van der Waals surface area contributed by atoms with Crippen molar-refractivity contribution >= 4 is 35.0 Å².